The Morgan fingerprint density at radius 1 is 1.32 bits per heavy atom. The summed E-state index contributed by atoms with van der Waals surface area (Å²) in [5.74, 6) is 0. The van der Waals surface area contributed by atoms with Gasteiger partial charge in [0, 0.05) is 24.0 Å². The highest BCUT2D eigenvalue weighted by atomic mass is 32.2. The van der Waals surface area contributed by atoms with Crippen LogP contribution in [0.15, 0.2) is 35.4 Å². The molecule has 0 aliphatic heterocycles. The lowest BCUT2D eigenvalue weighted by atomic mass is 10.2. The molecule has 0 spiro atoms. The Kier molecular flexibility index (Phi) is 4.34. The second kappa shape index (κ2) is 5.81. The van der Waals surface area contributed by atoms with E-state index in [0.29, 0.717) is 17.9 Å². The first-order chi connectivity index (χ1) is 8.97. The molecule has 1 heterocycles. The molecule has 6 heteroatoms. The molecule has 102 valence electrons. The van der Waals surface area contributed by atoms with Gasteiger partial charge in [-0.25, -0.2) is 18.1 Å². The molecule has 1 N–H and O–H groups in total. The number of sulfonamides is 1. The van der Waals surface area contributed by atoms with E-state index in [-0.39, 0.29) is 0 Å². The summed E-state index contributed by atoms with van der Waals surface area (Å²) in [6.07, 6.45) is 2.42. The molecular formula is C13H16N2O2S2. The van der Waals surface area contributed by atoms with Crippen LogP contribution in [-0.2, 0) is 16.4 Å². The average Bonchev–Trinajstić information content (AvgIpc) is 2.75. The third-order valence-corrected chi connectivity index (χ3v) is 5.03. The Bertz CT molecular complexity index is 663. The van der Waals surface area contributed by atoms with Gasteiger partial charge in [0.15, 0.2) is 0 Å². The molecule has 2 aromatic rings. The van der Waals surface area contributed by atoms with E-state index in [0.717, 1.165) is 15.4 Å². The summed E-state index contributed by atoms with van der Waals surface area (Å²) < 4.78 is 26.7. The summed E-state index contributed by atoms with van der Waals surface area (Å²) in [6.45, 7) is 4.22. The largest absolute Gasteiger partial charge is 0.249 e. The van der Waals surface area contributed by atoms with Gasteiger partial charge < -0.3 is 0 Å². The van der Waals surface area contributed by atoms with E-state index in [2.05, 4.69) is 9.71 Å². The van der Waals surface area contributed by atoms with Crippen LogP contribution in [0.2, 0.25) is 0 Å². The lowest BCUT2D eigenvalue weighted by Crippen LogP contribution is -2.26. The van der Waals surface area contributed by atoms with Crippen molar-refractivity contribution in [2.75, 3.05) is 6.54 Å². The molecule has 0 bridgehead atoms. The predicted molar refractivity (Wildman–Crippen MR) is 76.9 cm³/mol. The Balaban J connectivity index is 1.98. The van der Waals surface area contributed by atoms with E-state index in [1.54, 1.807) is 35.7 Å². The standard InChI is InChI=1S/C13H16N2O2S2/c1-10-4-3-5-12(8-10)19(16,17)15-7-6-13-14-9-11(2)18-13/h3-5,8-9,15H,6-7H2,1-2H3. The highest BCUT2D eigenvalue weighted by Gasteiger charge is 2.13. The van der Waals surface area contributed by atoms with Crippen LogP contribution in [0.3, 0.4) is 0 Å². The van der Waals surface area contributed by atoms with Gasteiger partial charge in [-0.1, -0.05) is 12.1 Å². The van der Waals surface area contributed by atoms with Gasteiger partial charge in [-0.3, -0.25) is 0 Å². The Labute approximate surface area is 117 Å². The van der Waals surface area contributed by atoms with Crippen LogP contribution >= 0.6 is 11.3 Å². The minimum absolute atomic E-state index is 0.308. The fraction of sp³-hybridized carbons (Fsp3) is 0.308. The van der Waals surface area contributed by atoms with Gasteiger partial charge in [0.2, 0.25) is 10.0 Å². The number of hydrogen-bond donors (Lipinski definition) is 1. The van der Waals surface area contributed by atoms with Crippen molar-refractivity contribution >= 4 is 21.4 Å². The van der Waals surface area contributed by atoms with Crippen molar-refractivity contribution in [1.29, 1.82) is 0 Å². The zero-order valence-electron chi connectivity index (χ0n) is 10.9. The van der Waals surface area contributed by atoms with Gasteiger partial charge in [0.05, 0.1) is 9.90 Å². The van der Waals surface area contributed by atoms with Gasteiger partial charge in [-0.05, 0) is 31.5 Å². The molecule has 0 atom stereocenters. The van der Waals surface area contributed by atoms with Gasteiger partial charge in [0.25, 0.3) is 0 Å². The molecule has 0 amide bonds. The summed E-state index contributed by atoms with van der Waals surface area (Å²) >= 11 is 1.59. The van der Waals surface area contributed by atoms with Gasteiger partial charge >= 0.3 is 0 Å². The second-order valence-electron chi connectivity index (χ2n) is 4.33. The van der Waals surface area contributed by atoms with E-state index >= 15 is 0 Å². The highest BCUT2D eigenvalue weighted by Crippen LogP contribution is 2.13. The first-order valence-corrected chi connectivity index (χ1v) is 8.25. The van der Waals surface area contributed by atoms with Gasteiger partial charge in [-0.2, -0.15) is 0 Å². The van der Waals surface area contributed by atoms with Crippen LogP contribution in [-0.4, -0.2) is 19.9 Å². The number of nitrogens with zero attached hydrogens (tertiary/aromatic N) is 1. The third-order valence-electron chi connectivity index (χ3n) is 2.60. The first kappa shape index (κ1) is 14.2. The molecule has 0 aliphatic carbocycles. The number of aryl methyl sites for hydroxylation is 2. The number of benzene rings is 1. The molecule has 0 unspecified atom stereocenters. The molecule has 0 fully saturated rings. The predicted octanol–water partition coefficient (Wildman–Crippen LogP) is 2.28. The molecule has 0 saturated heterocycles. The molecule has 19 heavy (non-hydrogen) atoms. The Morgan fingerprint density at radius 3 is 2.74 bits per heavy atom. The summed E-state index contributed by atoms with van der Waals surface area (Å²) in [5.41, 5.74) is 0.929. The van der Waals surface area contributed by atoms with Gasteiger partial charge in [0.1, 0.15) is 0 Å². The molecule has 0 saturated carbocycles. The maximum atomic E-state index is 12.1. The van der Waals surface area contributed by atoms with Crippen LogP contribution in [0.25, 0.3) is 0 Å². The number of rotatable bonds is 5. The topological polar surface area (TPSA) is 59.1 Å². The van der Waals surface area contributed by atoms with Gasteiger partial charge in [-0.15, -0.1) is 11.3 Å². The van der Waals surface area contributed by atoms with Crippen molar-refractivity contribution in [3.05, 3.63) is 45.9 Å². The minimum atomic E-state index is -3.42. The third kappa shape index (κ3) is 3.86. The van der Waals surface area contributed by atoms with Crippen LogP contribution < -0.4 is 4.72 Å². The Morgan fingerprint density at radius 2 is 2.11 bits per heavy atom. The zero-order chi connectivity index (χ0) is 13.9. The van der Waals surface area contributed by atoms with E-state index < -0.39 is 10.0 Å². The van der Waals surface area contributed by atoms with E-state index in [9.17, 15) is 8.42 Å². The summed E-state index contributed by atoms with van der Waals surface area (Å²) in [5, 5.41) is 0.949. The molecule has 2 rings (SSSR count). The normalized spacial score (nSPS) is 11.7. The average molecular weight is 296 g/mol. The fourth-order valence-electron chi connectivity index (χ4n) is 1.68. The molecule has 4 nitrogen and oxygen atoms in total. The van der Waals surface area contributed by atoms with E-state index in [1.165, 1.54) is 0 Å². The highest BCUT2D eigenvalue weighted by molar-refractivity contribution is 7.89. The zero-order valence-corrected chi connectivity index (χ0v) is 12.5. The van der Waals surface area contributed by atoms with Crippen LogP contribution in [0, 0.1) is 13.8 Å². The van der Waals surface area contributed by atoms with Crippen molar-refractivity contribution in [3.63, 3.8) is 0 Å². The summed E-state index contributed by atoms with van der Waals surface area (Å²) in [4.78, 5) is 5.65. The summed E-state index contributed by atoms with van der Waals surface area (Å²) in [7, 11) is -3.42. The van der Waals surface area contributed by atoms with Crippen molar-refractivity contribution in [3.8, 4) is 0 Å². The van der Waals surface area contributed by atoms with Crippen LogP contribution in [0.1, 0.15) is 15.4 Å². The number of hydrogen-bond acceptors (Lipinski definition) is 4. The molecule has 0 aliphatic rings. The van der Waals surface area contributed by atoms with Crippen molar-refractivity contribution in [2.24, 2.45) is 0 Å². The SMILES string of the molecule is Cc1cccc(S(=O)(=O)NCCc2ncc(C)s2)c1. The second-order valence-corrected chi connectivity index (χ2v) is 7.42. The maximum absolute atomic E-state index is 12.1. The van der Waals surface area contributed by atoms with Crippen molar-refractivity contribution in [2.45, 2.75) is 25.2 Å². The lowest BCUT2D eigenvalue weighted by Gasteiger charge is -2.06. The van der Waals surface area contributed by atoms with Crippen LogP contribution in [0.4, 0.5) is 0 Å². The smallest absolute Gasteiger partial charge is 0.240 e. The monoisotopic (exact) mass is 296 g/mol. The molecule has 1 aromatic carbocycles. The van der Waals surface area contributed by atoms with E-state index in [1.807, 2.05) is 19.9 Å². The maximum Gasteiger partial charge on any atom is 0.240 e. The number of aromatic nitrogens is 1. The van der Waals surface area contributed by atoms with Crippen LogP contribution in [0.5, 0.6) is 0 Å². The summed E-state index contributed by atoms with van der Waals surface area (Å²) in [6, 6.07) is 6.88. The quantitative estimate of drug-likeness (QED) is 0.921. The molecule has 0 radical (unpaired) electrons. The Hall–Kier alpha value is -1.24. The fourth-order valence-corrected chi connectivity index (χ4v) is 3.60. The number of thiazole rings is 1. The van der Waals surface area contributed by atoms with E-state index in [4.69, 9.17) is 0 Å². The minimum Gasteiger partial charge on any atom is -0.249 e. The molecular weight excluding hydrogens is 280 g/mol. The molecule has 1 aromatic heterocycles. The first-order valence-electron chi connectivity index (χ1n) is 5.95. The number of nitrogens with one attached hydrogen (secondary N) is 1. The van der Waals surface area contributed by atoms with Crippen molar-refractivity contribution in [1.82, 2.24) is 9.71 Å². The lowest BCUT2D eigenvalue weighted by molar-refractivity contribution is 0.581. The van der Waals surface area contributed by atoms with Crippen molar-refractivity contribution < 1.29 is 8.42 Å².